The molecule has 4 rings (SSSR count). The predicted molar refractivity (Wildman–Crippen MR) is 139 cm³/mol. The van der Waals surface area contributed by atoms with E-state index in [4.69, 9.17) is 0 Å². The maximum Gasteiger partial charge on any atom is 0.335 e. The molecule has 0 radical (unpaired) electrons. The van der Waals surface area contributed by atoms with Gasteiger partial charge in [-0.25, -0.2) is 24.6 Å². The second-order valence-electron chi connectivity index (χ2n) is 9.18. The standard InChI is InChI=1S/C27H27FN6O4/c1-14(2)33-34-27-31-22(24(35)29-13-16-4-8-20(28)15(3)10-16)12-23(32-27)25(36)30-21-9-6-17-11-18(26(37)38)5-7-19(17)21/h4-5,7-8,10-12,21H,6,9,13H2,1-3H3,(H,29,35)(H,30,36)(H,37,38)(H,31,32,34)/t21-/m0/s1. The van der Waals surface area contributed by atoms with Crippen molar-refractivity contribution in [2.45, 2.75) is 46.2 Å². The number of halogens is 1. The number of carboxylic acid groups (broad SMARTS) is 1. The number of hydrazone groups is 1. The van der Waals surface area contributed by atoms with E-state index in [1.54, 1.807) is 45.0 Å². The van der Waals surface area contributed by atoms with Crippen LogP contribution in [0.3, 0.4) is 0 Å². The Hall–Kier alpha value is -4.67. The normalized spacial score (nSPS) is 13.8. The lowest BCUT2D eigenvalue weighted by Crippen LogP contribution is -2.30. The molecule has 0 saturated carbocycles. The van der Waals surface area contributed by atoms with Crippen LogP contribution in [0.25, 0.3) is 0 Å². The zero-order valence-corrected chi connectivity index (χ0v) is 21.1. The number of aromatic nitrogens is 2. The number of nitrogens with zero attached hydrogens (tertiary/aromatic N) is 3. The highest BCUT2D eigenvalue weighted by molar-refractivity contribution is 5.98. The van der Waals surface area contributed by atoms with Crippen LogP contribution in [0.5, 0.6) is 0 Å². The average molecular weight is 519 g/mol. The fraction of sp³-hybridized carbons (Fsp3) is 0.259. The largest absolute Gasteiger partial charge is 0.478 e. The van der Waals surface area contributed by atoms with Crippen LogP contribution in [0.15, 0.2) is 47.6 Å². The molecular weight excluding hydrogens is 491 g/mol. The Labute approximate surface area is 218 Å². The van der Waals surface area contributed by atoms with Crippen molar-refractivity contribution in [3.05, 3.63) is 87.5 Å². The summed E-state index contributed by atoms with van der Waals surface area (Å²) in [6.45, 7) is 5.29. The van der Waals surface area contributed by atoms with Gasteiger partial charge in [-0.05, 0) is 74.1 Å². The van der Waals surface area contributed by atoms with Gasteiger partial charge in [0.2, 0.25) is 5.95 Å². The number of hydrogen-bond donors (Lipinski definition) is 4. The summed E-state index contributed by atoms with van der Waals surface area (Å²) in [5.41, 5.74) is 6.33. The molecule has 4 N–H and O–H groups in total. The van der Waals surface area contributed by atoms with Gasteiger partial charge in [0, 0.05) is 18.3 Å². The predicted octanol–water partition coefficient (Wildman–Crippen LogP) is 3.78. The highest BCUT2D eigenvalue weighted by Crippen LogP contribution is 2.32. The molecule has 1 aliphatic carbocycles. The number of anilines is 1. The maximum atomic E-state index is 13.6. The number of aryl methyl sites for hydroxylation is 2. The average Bonchev–Trinajstić information content (AvgIpc) is 3.29. The van der Waals surface area contributed by atoms with Crippen molar-refractivity contribution in [2.24, 2.45) is 5.10 Å². The molecule has 1 aromatic heterocycles. The molecule has 2 aromatic carbocycles. The zero-order chi connectivity index (χ0) is 27.4. The molecule has 196 valence electrons. The number of benzene rings is 2. The Kier molecular flexibility index (Phi) is 7.75. The number of rotatable bonds is 8. The van der Waals surface area contributed by atoms with Gasteiger partial charge in [0.1, 0.15) is 17.2 Å². The van der Waals surface area contributed by atoms with Crippen molar-refractivity contribution < 1.29 is 23.9 Å². The fourth-order valence-electron chi connectivity index (χ4n) is 4.11. The maximum absolute atomic E-state index is 13.6. The number of nitrogens with one attached hydrogen (secondary N) is 3. The fourth-order valence-corrected chi connectivity index (χ4v) is 4.11. The van der Waals surface area contributed by atoms with Gasteiger partial charge in [-0.15, -0.1) is 0 Å². The van der Waals surface area contributed by atoms with E-state index in [9.17, 15) is 23.9 Å². The Morgan fingerprint density at radius 3 is 2.47 bits per heavy atom. The summed E-state index contributed by atoms with van der Waals surface area (Å²) in [5.74, 6) is -2.43. The molecule has 1 heterocycles. The molecule has 0 unspecified atom stereocenters. The third kappa shape index (κ3) is 6.17. The van der Waals surface area contributed by atoms with Crippen molar-refractivity contribution in [1.82, 2.24) is 20.6 Å². The van der Waals surface area contributed by atoms with Gasteiger partial charge >= 0.3 is 5.97 Å². The lowest BCUT2D eigenvalue weighted by molar-refractivity contribution is 0.0696. The minimum Gasteiger partial charge on any atom is -0.478 e. The first-order chi connectivity index (χ1) is 18.1. The molecule has 1 aliphatic rings. The van der Waals surface area contributed by atoms with Crippen molar-refractivity contribution in [1.29, 1.82) is 0 Å². The first-order valence-electron chi connectivity index (χ1n) is 12.0. The zero-order valence-electron chi connectivity index (χ0n) is 21.1. The number of carbonyl (C=O) groups excluding carboxylic acids is 2. The summed E-state index contributed by atoms with van der Waals surface area (Å²) in [4.78, 5) is 45.8. The van der Waals surface area contributed by atoms with Crippen LogP contribution in [-0.2, 0) is 13.0 Å². The molecule has 10 nitrogen and oxygen atoms in total. The first-order valence-corrected chi connectivity index (χ1v) is 12.0. The molecule has 11 heteroatoms. The van der Waals surface area contributed by atoms with E-state index >= 15 is 0 Å². The number of hydrogen-bond acceptors (Lipinski definition) is 7. The third-order valence-corrected chi connectivity index (χ3v) is 6.02. The SMILES string of the molecule is CC(C)=NNc1nc(C(=O)NCc2ccc(F)c(C)c2)cc(C(=O)N[C@H]2CCc3cc(C(=O)O)ccc32)n1. The van der Waals surface area contributed by atoms with Crippen LogP contribution in [0.4, 0.5) is 10.3 Å². The minimum absolute atomic E-state index is 0.0282. The Balaban J connectivity index is 1.54. The molecule has 0 saturated heterocycles. The van der Waals surface area contributed by atoms with E-state index in [-0.39, 0.29) is 41.3 Å². The highest BCUT2D eigenvalue weighted by atomic mass is 19.1. The summed E-state index contributed by atoms with van der Waals surface area (Å²) >= 11 is 0. The Bertz CT molecular complexity index is 1450. The molecule has 1 atom stereocenters. The summed E-state index contributed by atoms with van der Waals surface area (Å²) in [6.07, 6.45) is 1.23. The molecular formula is C27H27FN6O4. The van der Waals surface area contributed by atoms with E-state index < -0.39 is 17.8 Å². The summed E-state index contributed by atoms with van der Waals surface area (Å²) in [6, 6.07) is 10.3. The van der Waals surface area contributed by atoms with Crippen LogP contribution >= 0.6 is 0 Å². The van der Waals surface area contributed by atoms with Gasteiger partial charge < -0.3 is 15.7 Å². The van der Waals surface area contributed by atoms with Crippen molar-refractivity contribution in [3.63, 3.8) is 0 Å². The van der Waals surface area contributed by atoms with Crippen LogP contribution in [-0.4, -0.2) is 38.6 Å². The third-order valence-electron chi connectivity index (χ3n) is 6.02. The molecule has 0 fully saturated rings. The Morgan fingerprint density at radius 2 is 1.79 bits per heavy atom. The smallest absolute Gasteiger partial charge is 0.335 e. The van der Waals surface area contributed by atoms with E-state index in [1.807, 2.05) is 0 Å². The van der Waals surface area contributed by atoms with Gasteiger partial charge in [0.15, 0.2) is 0 Å². The first kappa shape index (κ1) is 26.4. The molecule has 38 heavy (non-hydrogen) atoms. The minimum atomic E-state index is -1.01. The summed E-state index contributed by atoms with van der Waals surface area (Å²) < 4.78 is 13.6. The number of carbonyl (C=O) groups is 3. The van der Waals surface area contributed by atoms with Crippen molar-refractivity contribution in [3.8, 4) is 0 Å². The van der Waals surface area contributed by atoms with E-state index in [0.29, 0.717) is 29.7 Å². The quantitative estimate of drug-likeness (QED) is 0.262. The number of aromatic carboxylic acids is 1. The number of carboxylic acids is 1. The molecule has 0 spiro atoms. The van der Waals surface area contributed by atoms with Crippen molar-refractivity contribution >= 4 is 29.4 Å². The van der Waals surface area contributed by atoms with Crippen LogP contribution in [0.2, 0.25) is 0 Å². The van der Waals surface area contributed by atoms with E-state index in [1.165, 1.54) is 18.2 Å². The molecule has 2 amide bonds. The monoisotopic (exact) mass is 518 g/mol. The topological polar surface area (TPSA) is 146 Å². The van der Waals surface area contributed by atoms with Gasteiger partial charge in [0.05, 0.1) is 11.6 Å². The van der Waals surface area contributed by atoms with E-state index in [0.717, 1.165) is 11.1 Å². The van der Waals surface area contributed by atoms with Crippen LogP contribution in [0.1, 0.15) is 79.9 Å². The van der Waals surface area contributed by atoms with E-state index in [2.05, 4.69) is 31.1 Å². The number of fused-ring (bicyclic) bond motifs is 1. The lowest BCUT2D eigenvalue weighted by atomic mass is 10.0. The highest BCUT2D eigenvalue weighted by Gasteiger charge is 2.26. The number of amides is 2. The van der Waals surface area contributed by atoms with Crippen molar-refractivity contribution in [2.75, 3.05) is 5.43 Å². The lowest BCUT2D eigenvalue weighted by Gasteiger charge is -2.15. The van der Waals surface area contributed by atoms with Crippen LogP contribution < -0.4 is 16.1 Å². The van der Waals surface area contributed by atoms with Gasteiger partial charge in [-0.3, -0.25) is 9.59 Å². The molecule has 0 aliphatic heterocycles. The van der Waals surface area contributed by atoms with Gasteiger partial charge in [-0.2, -0.15) is 5.10 Å². The molecule has 0 bridgehead atoms. The molecule has 3 aromatic rings. The van der Waals surface area contributed by atoms with Crippen LogP contribution in [0, 0.1) is 12.7 Å². The second kappa shape index (κ2) is 11.2. The Morgan fingerprint density at radius 1 is 1.05 bits per heavy atom. The summed E-state index contributed by atoms with van der Waals surface area (Å²) in [5, 5.41) is 18.9. The summed E-state index contributed by atoms with van der Waals surface area (Å²) in [7, 11) is 0. The second-order valence-corrected chi connectivity index (χ2v) is 9.18. The van der Waals surface area contributed by atoms with Gasteiger partial charge in [0.25, 0.3) is 11.8 Å². The van der Waals surface area contributed by atoms with Gasteiger partial charge in [-0.1, -0.05) is 18.2 Å².